The lowest BCUT2D eigenvalue weighted by Gasteiger charge is -2.38. The predicted octanol–water partition coefficient (Wildman–Crippen LogP) is 2.09. The molecule has 142 valence electrons. The van der Waals surface area contributed by atoms with Crippen LogP contribution in [0.15, 0.2) is 24.3 Å². The van der Waals surface area contributed by atoms with Crippen LogP contribution in [0.1, 0.15) is 19.3 Å². The smallest absolute Gasteiger partial charge is 0.311 e. The van der Waals surface area contributed by atoms with E-state index in [0.29, 0.717) is 32.2 Å². The second-order valence-electron chi connectivity index (χ2n) is 7.83. The average molecular weight is 360 g/mol. The molecule has 1 N–H and O–H groups in total. The molecule has 4 rings (SSSR count). The van der Waals surface area contributed by atoms with Crippen LogP contribution >= 0.6 is 0 Å². The molecule has 0 amide bonds. The van der Waals surface area contributed by atoms with Gasteiger partial charge in [-0.25, -0.2) is 0 Å². The summed E-state index contributed by atoms with van der Waals surface area (Å²) >= 11 is 0. The van der Waals surface area contributed by atoms with Gasteiger partial charge in [0.25, 0.3) is 0 Å². The lowest BCUT2D eigenvalue weighted by Crippen LogP contribution is -2.46. The first-order valence-corrected chi connectivity index (χ1v) is 9.56. The molecule has 3 fully saturated rings. The number of likely N-dealkylation sites (tertiary alicyclic amines) is 1. The summed E-state index contributed by atoms with van der Waals surface area (Å²) in [6.07, 6.45) is 2.78. The minimum absolute atomic E-state index is 0.130. The van der Waals surface area contributed by atoms with Crippen molar-refractivity contribution in [1.29, 1.82) is 0 Å². The Bertz CT molecular complexity index is 659. The van der Waals surface area contributed by atoms with Crippen molar-refractivity contribution in [2.75, 3.05) is 51.4 Å². The number of carboxylic acid groups (broad SMARTS) is 1. The summed E-state index contributed by atoms with van der Waals surface area (Å²) in [5.41, 5.74) is 0.607. The molecule has 0 saturated carbocycles. The Hall–Kier alpha value is -1.79. The molecule has 3 aliphatic heterocycles. The van der Waals surface area contributed by atoms with Gasteiger partial charge in [0.2, 0.25) is 0 Å². The predicted molar refractivity (Wildman–Crippen MR) is 98.8 cm³/mol. The van der Waals surface area contributed by atoms with Crippen molar-refractivity contribution in [3.63, 3.8) is 0 Å². The highest BCUT2D eigenvalue weighted by Gasteiger charge is 2.54. The van der Waals surface area contributed by atoms with Crippen molar-refractivity contribution in [3.8, 4) is 5.75 Å². The number of rotatable bonds is 4. The van der Waals surface area contributed by atoms with Gasteiger partial charge in [-0.15, -0.1) is 0 Å². The zero-order valence-electron chi connectivity index (χ0n) is 15.4. The highest BCUT2D eigenvalue weighted by atomic mass is 16.5. The summed E-state index contributed by atoms with van der Waals surface area (Å²) in [6.45, 7) is 4.69. The van der Waals surface area contributed by atoms with Gasteiger partial charge in [0.1, 0.15) is 5.75 Å². The molecule has 6 nitrogen and oxygen atoms in total. The van der Waals surface area contributed by atoms with Crippen molar-refractivity contribution in [2.45, 2.75) is 25.3 Å². The zero-order valence-corrected chi connectivity index (χ0v) is 15.4. The Morgan fingerprint density at radius 2 is 2.15 bits per heavy atom. The molecule has 3 aliphatic rings. The van der Waals surface area contributed by atoms with Crippen LogP contribution in [0.3, 0.4) is 0 Å². The third-order valence-electron chi connectivity index (χ3n) is 6.56. The van der Waals surface area contributed by atoms with Crippen molar-refractivity contribution >= 4 is 11.7 Å². The van der Waals surface area contributed by atoms with E-state index >= 15 is 0 Å². The van der Waals surface area contributed by atoms with E-state index < -0.39 is 11.4 Å². The van der Waals surface area contributed by atoms with Gasteiger partial charge in [-0.05, 0) is 31.4 Å². The molecule has 3 saturated heterocycles. The third-order valence-corrected chi connectivity index (χ3v) is 6.56. The molecule has 1 aromatic carbocycles. The Morgan fingerprint density at radius 1 is 1.35 bits per heavy atom. The van der Waals surface area contributed by atoms with Gasteiger partial charge in [0.15, 0.2) is 0 Å². The number of benzene rings is 1. The van der Waals surface area contributed by atoms with E-state index in [1.165, 1.54) is 5.69 Å². The maximum Gasteiger partial charge on any atom is 0.311 e. The van der Waals surface area contributed by atoms with Gasteiger partial charge in [-0.2, -0.15) is 0 Å². The first-order chi connectivity index (χ1) is 12.6. The van der Waals surface area contributed by atoms with Crippen molar-refractivity contribution in [2.24, 2.45) is 11.3 Å². The van der Waals surface area contributed by atoms with Crippen LogP contribution < -0.4 is 9.64 Å². The van der Waals surface area contributed by atoms with Gasteiger partial charge in [-0.1, -0.05) is 6.07 Å². The number of hydrogen-bond acceptors (Lipinski definition) is 5. The monoisotopic (exact) mass is 360 g/mol. The van der Waals surface area contributed by atoms with Gasteiger partial charge in [-0.3, -0.25) is 9.69 Å². The first-order valence-electron chi connectivity index (χ1n) is 9.56. The second-order valence-corrected chi connectivity index (χ2v) is 7.83. The van der Waals surface area contributed by atoms with E-state index in [-0.39, 0.29) is 5.92 Å². The average Bonchev–Trinajstić information content (AvgIpc) is 3.09. The summed E-state index contributed by atoms with van der Waals surface area (Å²) in [4.78, 5) is 16.8. The number of carbonyl (C=O) groups is 1. The fraction of sp³-hybridized carbons (Fsp3) is 0.650. The molecule has 0 unspecified atom stereocenters. The van der Waals surface area contributed by atoms with Gasteiger partial charge in [0, 0.05) is 56.5 Å². The SMILES string of the molecule is COc1cccc(N2CCC(N3C[C@@H]4COCC[C@]4(C(=O)O)C3)CC2)c1. The molecule has 1 aromatic rings. The maximum absolute atomic E-state index is 12.0. The Kier molecular flexibility index (Phi) is 4.80. The molecule has 3 heterocycles. The third kappa shape index (κ3) is 3.05. The van der Waals surface area contributed by atoms with Crippen LogP contribution in [0.2, 0.25) is 0 Å². The van der Waals surface area contributed by atoms with Crippen LogP contribution in [-0.2, 0) is 9.53 Å². The number of piperidine rings is 1. The number of methoxy groups -OCH3 is 1. The van der Waals surface area contributed by atoms with Gasteiger partial charge in [0.05, 0.1) is 19.1 Å². The number of aliphatic carboxylic acids is 1. The van der Waals surface area contributed by atoms with Crippen LogP contribution in [-0.4, -0.2) is 68.5 Å². The minimum Gasteiger partial charge on any atom is -0.497 e. The number of hydrogen-bond donors (Lipinski definition) is 1. The summed E-state index contributed by atoms with van der Waals surface area (Å²) in [5, 5.41) is 9.85. The molecule has 6 heteroatoms. The van der Waals surface area contributed by atoms with Gasteiger partial charge >= 0.3 is 5.97 Å². The fourth-order valence-electron chi connectivity index (χ4n) is 4.91. The van der Waals surface area contributed by atoms with Crippen molar-refractivity contribution in [3.05, 3.63) is 24.3 Å². The Labute approximate surface area is 154 Å². The molecule has 0 spiro atoms. The van der Waals surface area contributed by atoms with E-state index in [2.05, 4.69) is 21.9 Å². The van der Waals surface area contributed by atoms with E-state index in [1.54, 1.807) is 7.11 Å². The van der Waals surface area contributed by atoms with E-state index in [9.17, 15) is 9.90 Å². The van der Waals surface area contributed by atoms with Crippen molar-refractivity contribution in [1.82, 2.24) is 4.90 Å². The van der Waals surface area contributed by atoms with E-state index in [0.717, 1.165) is 38.2 Å². The summed E-state index contributed by atoms with van der Waals surface area (Å²) in [5.74, 6) is 0.379. The topological polar surface area (TPSA) is 62.2 Å². The fourth-order valence-corrected chi connectivity index (χ4v) is 4.91. The Morgan fingerprint density at radius 3 is 2.85 bits per heavy atom. The van der Waals surface area contributed by atoms with Crippen LogP contribution in [0.4, 0.5) is 5.69 Å². The van der Waals surface area contributed by atoms with Crippen molar-refractivity contribution < 1.29 is 19.4 Å². The number of fused-ring (bicyclic) bond motifs is 1. The summed E-state index contributed by atoms with van der Waals surface area (Å²) in [7, 11) is 1.69. The molecular weight excluding hydrogens is 332 g/mol. The van der Waals surface area contributed by atoms with E-state index in [4.69, 9.17) is 9.47 Å². The number of carboxylic acids is 1. The molecule has 0 bridgehead atoms. The highest BCUT2D eigenvalue weighted by Crippen LogP contribution is 2.44. The number of anilines is 1. The first kappa shape index (κ1) is 17.6. The van der Waals surface area contributed by atoms with E-state index in [1.807, 2.05) is 12.1 Å². The maximum atomic E-state index is 12.0. The minimum atomic E-state index is -0.637. The summed E-state index contributed by atoms with van der Waals surface area (Å²) < 4.78 is 10.9. The van der Waals surface area contributed by atoms with Crippen LogP contribution in [0, 0.1) is 11.3 Å². The molecular formula is C20H28N2O4. The standard InChI is InChI=1S/C20H28N2O4/c1-25-18-4-2-3-17(11-18)21-8-5-16(6-9-21)22-12-15-13-26-10-7-20(15,14-22)19(23)24/h2-4,11,15-16H,5-10,12-14H2,1H3,(H,23,24)/t15-,20+/m1/s1. The zero-order chi connectivity index (χ0) is 18.1. The lowest BCUT2D eigenvalue weighted by atomic mass is 9.74. The highest BCUT2D eigenvalue weighted by molar-refractivity contribution is 5.76. The molecule has 2 atom stereocenters. The number of nitrogens with zero attached hydrogens (tertiary/aromatic N) is 2. The number of ether oxygens (including phenoxy) is 2. The van der Waals surface area contributed by atoms with Gasteiger partial charge < -0.3 is 19.5 Å². The molecule has 26 heavy (non-hydrogen) atoms. The van der Waals surface area contributed by atoms with Crippen LogP contribution in [0.25, 0.3) is 0 Å². The second kappa shape index (κ2) is 7.08. The Balaban J connectivity index is 1.40. The lowest BCUT2D eigenvalue weighted by molar-refractivity contribution is -0.157. The van der Waals surface area contributed by atoms with Crippen LogP contribution in [0.5, 0.6) is 5.75 Å². The molecule has 0 radical (unpaired) electrons. The quantitative estimate of drug-likeness (QED) is 0.887. The summed E-state index contributed by atoms with van der Waals surface area (Å²) in [6, 6.07) is 8.68. The largest absolute Gasteiger partial charge is 0.497 e. The normalized spacial score (nSPS) is 30.2. The molecule has 0 aromatic heterocycles. The molecule has 0 aliphatic carbocycles.